The maximum absolute atomic E-state index is 6.37. The average Bonchev–Trinajstić information content (AvgIpc) is 3.11. The number of aromatic nitrogens is 2. The molecule has 0 aliphatic carbocycles. The molecule has 0 aliphatic rings. The number of rotatable bonds is 11. The molecule has 0 unspecified atom stereocenters. The van der Waals surface area contributed by atoms with Gasteiger partial charge in [-0.2, -0.15) is 0 Å². The molecule has 5 nitrogen and oxygen atoms in total. The Bertz CT molecular complexity index is 2290. The summed E-state index contributed by atoms with van der Waals surface area (Å²) < 4.78 is 0. The summed E-state index contributed by atoms with van der Waals surface area (Å²) in [5.74, 6) is 0. The van der Waals surface area contributed by atoms with Gasteiger partial charge in [-0.3, -0.25) is 0 Å². The van der Waals surface area contributed by atoms with Gasteiger partial charge in [-0.1, -0.05) is 96.0 Å². The van der Waals surface area contributed by atoms with Crippen LogP contribution in [0.2, 0.25) is 10.0 Å². The molecule has 3 N–H and O–H groups in total. The van der Waals surface area contributed by atoms with Crippen molar-refractivity contribution in [3.05, 3.63) is 119 Å². The van der Waals surface area contributed by atoms with Gasteiger partial charge in [-0.15, -0.1) is 0 Å². The molecule has 0 saturated heterocycles. The molecule has 0 aliphatic heterocycles. The van der Waals surface area contributed by atoms with Crippen LogP contribution in [-0.4, -0.2) is 36.1 Å². The normalized spacial score (nSPS) is 11.8. The van der Waals surface area contributed by atoms with Crippen LogP contribution in [0.4, 0.5) is 11.4 Å². The molecular formula is C41H35Cl2N5. The fraction of sp³-hybridized carbons (Fsp3) is 0.171. The largest absolute Gasteiger partial charge is 0.384 e. The van der Waals surface area contributed by atoms with Gasteiger partial charge in [0.25, 0.3) is 0 Å². The first-order chi connectivity index (χ1) is 23.6. The van der Waals surface area contributed by atoms with Gasteiger partial charge in [0.05, 0.1) is 33.4 Å². The van der Waals surface area contributed by atoms with Crippen LogP contribution >= 0.6 is 23.2 Å². The lowest BCUT2D eigenvalue weighted by molar-refractivity contribution is 0.619. The van der Waals surface area contributed by atoms with Gasteiger partial charge in [0.1, 0.15) is 0 Å². The van der Waals surface area contributed by atoms with Crippen LogP contribution < -0.4 is 16.0 Å². The molecule has 6 aromatic carbocycles. The van der Waals surface area contributed by atoms with E-state index in [1.807, 2.05) is 24.3 Å². The lowest BCUT2D eigenvalue weighted by Gasteiger charge is -2.15. The molecule has 0 bridgehead atoms. The van der Waals surface area contributed by atoms with Crippen molar-refractivity contribution in [1.82, 2.24) is 15.3 Å². The van der Waals surface area contributed by atoms with Crippen molar-refractivity contribution in [3.8, 4) is 0 Å². The van der Waals surface area contributed by atoms with E-state index in [0.717, 1.165) is 111 Å². The van der Waals surface area contributed by atoms with Crippen molar-refractivity contribution in [1.29, 1.82) is 0 Å². The Kier molecular flexibility index (Phi) is 8.58. The lowest BCUT2D eigenvalue weighted by atomic mass is 10.0. The average molecular weight is 669 g/mol. The van der Waals surface area contributed by atoms with Crippen molar-refractivity contribution in [2.75, 3.05) is 36.8 Å². The molecule has 0 radical (unpaired) electrons. The minimum Gasteiger partial charge on any atom is -0.384 e. The van der Waals surface area contributed by atoms with Crippen molar-refractivity contribution < 1.29 is 0 Å². The SMILES string of the molecule is Clc1ccc2c(NCCCCNCCCNc3c4ccc(Cl)cc4nc4c3ccc3ccccc34)c3ccc4ccccc4c3nc2c1. The van der Waals surface area contributed by atoms with Crippen molar-refractivity contribution in [3.63, 3.8) is 0 Å². The number of halogens is 2. The van der Waals surface area contributed by atoms with Gasteiger partial charge in [0.15, 0.2) is 0 Å². The van der Waals surface area contributed by atoms with Gasteiger partial charge < -0.3 is 16.0 Å². The summed E-state index contributed by atoms with van der Waals surface area (Å²) in [4.78, 5) is 10.1. The Morgan fingerprint density at radius 2 is 0.896 bits per heavy atom. The van der Waals surface area contributed by atoms with Crippen LogP contribution in [0.5, 0.6) is 0 Å². The number of pyridine rings is 2. The van der Waals surface area contributed by atoms with E-state index in [2.05, 4.69) is 101 Å². The first kappa shape index (κ1) is 30.6. The summed E-state index contributed by atoms with van der Waals surface area (Å²) in [7, 11) is 0. The summed E-state index contributed by atoms with van der Waals surface area (Å²) in [6.45, 7) is 3.67. The molecule has 7 heteroatoms. The van der Waals surface area contributed by atoms with E-state index in [9.17, 15) is 0 Å². The second-order valence-corrected chi connectivity index (χ2v) is 13.2. The van der Waals surface area contributed by atoms with Gasteiger partial charge in [0.2, 0.25) is 0 Å². The Morgan fingerprint density at radius 3 is 1.46 bits per heavy atom. The highest BCUT2D eigenvalue weighted by molar-refractivity contribution is 6.32. The molecule has 0 fully saturated rings. The topological polar surface area (TPSA) is 61.9 Å². The number of nitrogens with one attached hydrogen (secondary N) is 3. The first-order valence-electron chi connectivity index (χ1n) is 16.6. The Morgan fingerprint density at radius 1 is 0.438 bits per heavy atom. The number of hydrogen-bond donors (Lipinski definition) is 3. The van der Waals surface area contributed by atoms with E-state index in [1.165, 1.54) is 10.8 Å². The minimum atomic E-state index is 0.695. The minimum absolute atomic E-state index is 0.695. The third-order valence-electron chi connectivity index (χ3n) is 9.18. The van der Waals surface area contributed by atoms with Gasteiger partial charge >= 0.3 is 0 Å². The summed E-state index contributed by atoms with van der Waals surface area (Å²) in [5.41, 5.74) is 6.07. The van der Waals surface area contributed by atoms with E-state index >= 15 is 0 Å². The smallest absolute Gasteiger partial charge is 0.0808 e. The third kappa shape index (κ3) is 5.94. The number of nitrogens with zero attached hydrogens (tertiary/aromatic N) is 2. The monoisotopic (exact) mass is 667 g/mol. The molecule has 0 atom stereocenters. The van der Waals surface area contributed by atoms with Crippen LogP contribution in [0.3, 0.4) is 0 Å². The molecule has 0 saturated carbocycles. The molecule has 8 rings (SSSR count). The molecule has 0 amide bonds. The Balaban J connectivity index is 0.879. The summed E-state index contributed by atoms with van der Waals surface area (Å²) >= 11 is 12.7. The fourth-order valence-electron chi connectivity index (χ4n) is 6.82. The number of unbranched alkanes of at least 4 members (excludes halogenated alkanes) is 1. The highest BCUT2D eigenvalue weighted by atomic mass is 35.5. The third-order valence-corrected chi connectivity index (χ3v) is 9.65. The fourth-order valence-corrected chi connectivity index (χ4v) is 7.16. The highest BCUT2D eigenvalue weighted by Crippen LogP contribution is 2.37. The quantitative estimate of drug-likeness (QED) is 0.0727. The molecule has 238 valence electrons. The van der Waals surface area contributed by atoms with E-state index in [0.29, 0.717) is 10.0 Å². The van der Waals surface area contributed by atoms with E-state index < -0.39 is 0 Å². The second kappa shape index (κ2) is 13.4. The van der Waals surface area contributed by atoms with E-state index in [-0.39, 0.29) is 0 Å². The van der Waals surface area contributed by atoms with Gasteiger partial charge in [-0.25, -0.2) is 9.97 Å². The van der Waals surface area contributed by atoms with Crippen LogP contribution in [-0.2, 0) is 0 Å². The second-order valence-electron chi connectivity index (χ2n) is 12.3. The maximum atomic E-state index is 6.37. The molecule has 8 aromatic rings. The van der Waals surface area contributed by atoms with Gasteiger partial charge in [-0.05, 0) is 79.5 Å². The van der Waals surface area contributed by atoms with Crippen molar-refractivity contribution >= 4 is 99.7 Å². The first-order valence-corrected chi connectivity index (χ1v) is 17.4. The maximum Gasteiger partial charge on any atom is 0.0808 e. The Hall–Kier alpha value is -4.68. The zero-order valence-corrected chi connectivity index (χ0v) is 28.0. The van der Waals surface area contributed by atoms with E-state index in [4.69, 9.17) is 33.2 Å². The van der Waals surface area contributed by atoms with Crippen LogP contribution in [0.25, 0.3) is 65.2 Å². The number of hydrogen-bond acceptors (Lipinski definition) is 5. The summed E-state index contributed by atoms with van der Waals surface area (Å²) in [6.07, 6.45) is 3.16. The molecule has 0 spiro atoms. The lowest BCUT2D eigenvalue weighted by Crippen LogP contribution is -2.20. The van der Waals surface area contributed by atoms with Crippen molar-refractivity contribution in [2.24, 2.45) is 0 Å². The zero-order valence-electron chi connectivity index (χ0n) is 26.5. The summed E-state index contributed by atoms with van der Waals surface area (Å²) in [6, 6.07) is 37.5. The van der Waals surface area contributed by atoms with Crippen LogP contribution in [0.15, 0.2) is 109 Å². The predicted octanol–water partition coefficient (Wildman–Crippen LogP) is 11.0. The zero-order chi connectivity index (χ0) is 32.5. The van der Waals surface area contributed by atoms with Crippen LogP contribution in [0, 0.1) is 0 Å². The van der Waals surface area contributed by atoms with Gasteiger partial charge in [0, 0.05) is 55.5 Å². The number of fused-ring (bicyclic) bond motifs is 8. The Labute approximate surface area is 289 Å². The standard InChI is InChI=1S/C41H35Cl2N5/c42-28-14-18-32-36(24-28)47-40-30-10-3-1-8-26(30)12-16-34(40)38(32)45-22-6-5-20-44-21-7-23-46-39-33-19-15-29(43)25-37(33)48-41-31-11-4-2-9-27(31)13-17-35(39)41/h1-4,8-19,24-25,44H,5-7,20-23H2,(H,45,47)(H,46,48). The van der Waals surface area contributed by atoms with Crippen molar-refractivity contribution in [2.45, 2.75) is 19.3 Å². The summed E-state index contributed by atoms with van der Waals surface area (Å²) in [5, 5.41) is 21.7. The molecule has 2 heterocycles. The highest BCUT2D eigenvalue weighted by Gasteiger charge is 2.13. The predicted molar refractivity (Wildman–Crippen MR) is 207 cm³/mol. The molecular weight excluding hydrogens is 633 g/mol. The van der Waals surface area contributed by atoms with Crippen LogP contribution in [0.1, 0.15) is 19.3 Å². The number of anilines is 2. The van der Waals surface area contributed by atoms with E-state index in [1.54, 1.807) is 0 Å². The number of benzene rings is 6. The molecule has 2 aromatic heterocycles. The molecule has 48 heavy (non-hydrogen) atoms.